The number of carbonyl (C=O) groups excluding carboxylic acids is 3. The summed E-state index contributed by atoms with van der Waals surface area (Å²) in [5.74, 6) is -1.49. The van der Waals surface area contributed by atoms with E-state index in [-0.39, 0.29) is 49.6 Å². The molecule has 12 heteroatoms. The molecule has 2 amide bonds. The number of carbonyl (C=O) groups is 3. The Kier molecular flexibility index (Phi) is 7.26. The number of pyridine rings is 2. The predicted molar refractivity (Wildman–Crippen MR) is 162 cm³/mol. The molecule has 2 aliphatic heterocycles. The fourth-order valence-electron chi connectivity index (χ4n) is 6.67. The van der Waals surface area contributed by atoms with Crippen LogP contribution in [0.15, 0.2) is 16.9 Å². The summed E-state index contributed by atoms with van der Waals surface area (Å²) in [6.07, 6.45) is 0.529. The van der Waals surface area contributed by atoms with Crippen molar-refractivity contribution in [1.82, 2.24) is 19.8 Å². The molecule has 0 saturated carbocycles. The SMILES string of the molecule is CC[C@@]1(O)C(=O)OCc2c1cc1n(c2=O)Cc2c-1nc1cc(F)c(C)c3c1c2[C@@H](NC(=O)CCN(C)C(=O)OC(C)(C)C)CC3. The lowest BCUT2D eigenvalue weighted by Crippen LogP contribution is -2.44. The monoisotopic (exact) mass is 620 g/mol. The van der Waals surface area contributed by atoms with Crippen LogP contribution in [-0.2, 0) is 44.2 Å². The van der Waals surface area contributed by atoms with Gasteiger partial charge in [0.2, 0.25) is 5.91 Å². The first-order chi connectivity index (χ1) is 21.1. The fourth-order valence-corrected chi connectivity index (χ4v) is 6.67. The van der Waals surface area contributed by atoms with Gasteiger partial charge >= 0.3 is 12.1 Å². The van der Waals surface area contributed by atoms with Gasteiger partial charge in [0.15, 0.2) is 5.60 Å². The summed E-state index contributed by atoms with van der Waals surface area (Å²) in [5, 5.41) is 15.1. The van der Waals surface area contributed by atoms with Crippen LogP contribution in [0.2, 0.25) is 0 Å². The molecule has 0 saturated heterocycles. The molecular formula is C33H37FN4O7. The summed E-state index contributed by atoms with van der Waals surface area (Å²) in [7, 11) is 1.57. The van der Waals surface area contributed by atoms with E-state index in [0.717, 1.165) is 22.1 Å². The van der Waals surface area contributed by atoms with Crippen LogP contribution in [0.1, 0.15) is 86.4 Å². The van der Waals surface area contributed by atoms with Crippen molar-refractivity contribution in [2.75, 3.05) is 13.6 Å². The fraction of sp³-hybridized carbons (Fsp3) is 0.485. The maximum absolute atomic E-state index is 15.1. The number of hydrogen-bond donors (Lipinski definition) is 2. The summed E-state index contributed by atoms with van der Waals surface area (Å²) < 4.78 is 27.2. The third-order valence-electron chi connectivity index (χ3n) is 9.09. The van der Waals surface area contributed by atoms with Crippen molar-refractivity contribution in [1.29, 1.82) is 0 Å². The van der Waals surface area contributed by atoms with Crippen LogP contribution in [0.25, 0.3) is 22.3 Å². The molecular weight excluding hydrogens is 583 g/mol. The highest BCUT2D eigenvalue weighted by Gasteiger charge is 2.46. The number of aliphatic hydroxyl groups is 1. The molecule has 2 aromatic heterocycles. The van der Waals surface area contributed by atoms with Gasteiger partial charge in [-0.2, -0.15) is 0 Å². The average Bonchev–Trinajstić information content (AvgIpc) is 3.35. The van der Waals surface area contributed by atoms with E-state index in [0.29, 0.717) is 35.3 Å². The molecule has 1 aromatic carbocycles. The van der Waals surface area contributed by atoms with Crippen LogP contribution < -0.4 is 10.9 Å². The Labute approximate surface area is 259 Å². The first kappa shape index (κ1) is 30.7. The van der Waals surface area contributed by atoms with Crippen molar-refractivity contribution in [2.24, 2.45) is 0 Å². The van der Waals surface area contributed by atoms with Gasteiger partial charge in [-0.1, -0.05) is 6.92 Å². The third-order valence-corrected chi connectivity index (χ3v) is 9.09. The Morgan fingerprint density at radius 2 is 1.98 bits per heavy atom. The van der Waals surface area contributed by atoms with Gasteiger partial charge in [0.25, 0.3) is 5.56 Å². The van der Waals surface area contributed by atoms with Crippen molar-refractivity contribution in [3.05, 3.63) is 61.7 Å². The molecule has 1 aliphatic carbocycles. The summed E-state index contributed by atoms with van der Waals surface area (Å²) in [6.45, 7) is 8.72. The topological polar surface area (TPSA) is 140 Å². The number of nitrogens with one attached hydrogen (secondary N) is 1. The van der Waals surface area contributed by atoms with Crippen LogP contribution in [-0.4, -0.2) is 56.7 Å². The quantitative estimate of drug-likeness (QED) is 0.321. The van der Waals surface area contributed by atoms with Gasteiger partial charge in [0, 0.05) is 42.6 Å². The zero-order valence-corrected chi connectivity index (χ0v) is 26.3. The average molecular weight is 621 g/mol. The summed E-state index contributed by atoms with van der Waals surface area (Å²) in [4.78, 5) is 58.2. The number of ether oxygens (including phenoxy) is 2. The van der Waals surface area contributed by atoms with E-state index in [1.165, 1.54) is 15.5 Å². The predicted octanol–water partition coefficient (Wildman–Crippen LogP) is 3.89. The van der Waals surface area contributed by atoms with Gasteiger partial charge in [0.05, 0.1) is 35.1 Å². The maximum Gasteiger partial charge on any atom is 0.410 e. The molecule has 0 bridgehead atoms. The summed E-state index contributed by atoms with van der Waals surface area (Å²) in [6, 6.07) is 2.53. The van der Waals surface area contributed by atoms with Gasteiger partial charge in [-0.3, -0.25) is 9.59 Å². The molecule has 4 heterocycles. The van der Waals surface area contributed by atoms with Crippen molar-refractivity contribution in [2.45, 2.75) is 90.7 Å². The number of halogens is 1. The van der Waals surface area contributed by atoms with E-state index in [9.17, 15) is 24.3 Å². The smallest absolute Gasteiger partial charge is 0.410 e. The van der Waals surface area contributed by atoms with E-state index >= 15 is 4.39 Å². The standard InChI is InChI=1S/C33H37FN4O7/c1-7-33(43)20-12-24-28-18(14-38(24)29(40)19(20)15-44-30(33)41)27-22(9-8-17-16(2)21(34)13-23(36-28)26(17)27)35-25(39)10-11-37(6)31(42)45-32(3,4)5/h12-13,22,43H,7-11,14-15H2,1-6H3,(H,35,39)/t22-,33-/m0/s1. The largest absolute Gasteiger partial charge is 0.458 e. The molecule has 0 fully saturated rings. The van der Waals surface area contributed by atoms with Gasteiger partial charge in [-0.15, -0.1) is 0 Å². The number of aromatic nitrogens is 2. The minimum atomic E-state index is -1.98. The zero-order valence-electron chi connectivity index (χ0n) is 26.3. The van der Waals surface area contributed by atoms with Crippen LogP contribution >= 0.6 is 0 Å². The lowest BCUT2D eigenvalue weighted by Gasteiger charge is -2.31. The Bertz CT molecular complexity index is 1860. The number of hydrogen-bond acceptors (Lipinski definition) is 8. The normalized spacial score (nSPS) is 19.8. The number of nitrogens with zero attached hydrogens (tertiary/aromatic N) is 3. The minimum absolute atomic E-state index is 0.00997. The van der Waals surface area contributed by atoms with Gasteiger partial charge in [0.1, 0.15) is 18.0 Å². The molecule has 238 valence electrons. The first-order valence-electron chi connectivity index (χ1n) is 15.2. The zero-order chi connectivity index (χ0) is 32.6. The van der Waals surface area contributed by atoms with Gasteiger partial charge in [-0.25, -0.2) is 19.0 Å². The van der Waals surface area contributed by atoms with E-state index in [1.54, 1.807) is 47.7 Å². The van der Waals surface area contributed by atoms with Gasteiger partial charge < -0.3 is 29.4 Å². The second-order valence-corrected chi connectivity index (χ2v) is 13.1. The molecule has 45 heavy (non-hydrogen) atoms. The molecule has 0 unspecified atom stereocenters. The van der Waals surface area contributed by atoms with Crippen molar-refractivity contribution in [3.8, 4) is 11.4 Å². The molecule has 2 atom stereocenters. The number of benzene rings is 1. The molecule has 3 aromatic rings. The van der Waals surface area contributed by atoms with Gasteiger partial charge in [-0.05, 0) is 69.7 Å². The molecule has 2 N–H and O–H groups in total. The van der Waals surface area contributed by atoms with E-state index in [1.807, 2.05) is 0 Å². The second kappa shape index (κ2) is 10.6. The number of aryl methyl sites for hydroxylation is 1. The van der Waals surface area contributed by atoms with Crippen LogP contribution in [0.5, 0.6) is 0 Å². The lowest BCUT2D eigenvalue weighted by atomic mass is 9.81. The van der Waals surface area contributed by atoms with Crippen LogP contribution in [0.4, 0.5) is 9.18 Å². The van der Waals surface area contributed by atoms with E-state index in [2.05, 4.69) is 5.32 Å². The number of cyclic esters (lactones) is 1. The Balaban J connectivity index is 1.41. The summed E-state index contributed by atoms with van der Waals surface area (Å²) >= 11 is 0. The van der Waals surface area contributed by atoms with Crippen molar-refractivity contribution >= 4 is 28.9 Å². The Morgan fingerprint density at radius 1 is 1.24 bits per heavy atom. The number of fused-ring (bicyclic) bond motifs is 5. The Hall–Kier alpha value is -4.32. The lowest BCUT2D eigenvalue weighted by molar-refractivity contribution is -0.172. The van der Waals surface area contributed by atoms with Crippen molar-refractivity contribution in [3.63, 3.8) is 0 Å². The molecule has 3 aliphatic rings. The summed E-state index contributed by atoms with van der Waals surface area (Å²) in [5.41, 5.74) is 1.42. The van der Waals surface area contributed by atoms with E-state index in [4.69, 9.17) is 14.5 Å². The molecule has 0 radical (unpaired) electrons. The van der Waals surface area contributed by atoms with E-state index < -0.39 is 40.7 Å². The highest BCUT2D eigenvalue weighted by Crippen LogP contribution is 2.46. The Morgan fingerprint density at radius 3 is 2.67 bits per heavy atom. The first-order valence-corrected chi connectivity index (χ1v) is 15.2. The number of rotatable bonds is 5. The second-order valence-electron chi connectivity index (χ2n) is 13.1. The molecule has 11 nitrogen and oxygen atoms in total. The van der Waals surface area contributed by atoms with Crippen LogP contribution in [0.3, 0.4) is 0 Å². The van der Waals surface area contributed by atoms with Crippen LogP contribution in [0, 0.1) is 12.7 Å². The highest BCUT2D eigenvalue weighted by atomic mass is 19.1. The number of esters is 1. The maximum atomic E-state index is 15.1. The van der Waals surface area contributed by atoms with Crippen molar-refractivity contribution < 1.29 is 33.4 Å². The number of amides is 2. The highest BCUT2D eigenvalue weighted by molar-refractivity contribution is 5.94. The third kappa shape index (κ3) is 4.95. The minimum Gasteiger partial charge on any atom is -0.458 e. The molecule has 6 rings (SSSR count). The molecule has 0 spiro atoms.